The number of rotatable bonds is 4. The number of nitrogen functional groups attached to an aromatic ring is 1. The average Bonchev–Trinajstić information content (AvgIpc) is 2.77. The maximum absolute atomic E-state index is 12.4. The lowest BCUT2D eigenvalue weighted by molar-refractivity contribution is 0.0936. The number of methoxy groups -OCH3 is 1. The van der Waals surface area contributed by atoms with Crippen LogP contribution in [0.15, 0.2) is 28.7 Å². The summed E-state index contributed by atoms with van der Waals surface area (Å²) in [5.41, 5.74) is 7.67. The molecule has 1 atom stereocenters. The Balaban J connectivity index is 2.20. The number of anilines is 1. The predicted octanol–water partition coefficient (Wildman–Crippen LogP) is 2.98. The van der Waals surface area contributed by atoms with E-state index in [9.17, 15) is 4.79 Å². The van der Waals surface area contributed by atoms with Gasteiger partial charge in [0.25, 0.3) is 5.91 Å². The molecule has 5 heteroatoms. The molecule has 1 aromatic carbocycles. The molecule has 2 aromatic rings. The van der Waals surface area contributed by atoms with Crippen molar-refractivity contribution in [2.24, 2.45) is 0 Å². The Morgan fingerprint density at radius 3 is 2.62 bits per heavy atom. The van der Waals surface area contributed by atoms with E-state index in [0.717, 1.165) is 17.1 Å². The molecule has 0 radical (unpaired) electrons. The fourth-order valence-electron chi connectivity index (χ4n) is 2.33. The Kier molecular flexibility index (Phi) is 4.21. The lowest BCUT2D eigenvalue weighted by atomic mass is 10.1. The number of aryl methyl sites for hydroxylation is 2. The fourth-order valence-corrected chi connectivity index (χ4v) is 2.33. The smallest absolute Gasteiger partial charge is 0.255 e. The van der Waals surface area contributed by atoms with E-state index >= 15 is 0 Å². The monoisotopic (exact) mass is 288 g/mol. The van der Waals surface area contributed by atoms with Gasteiger partial charge < -0.3 is 20.2 Å². The summed E-state index contributed by atoms with van der Waals surface area (Å²) in [5.74, 6) is 1.88. The lowest BCUT2D eigenvalue weighted by Crippen LogP contribution is -2.27. The number of benzene rings is 1. The standard InChI is InChI=1S/C16H20N2O3/c1-9-7-14(11(3)21-9)10(2)18-16(19)13-6-5-12(17)8-15(13)20-4/h5-8,10H,17H2,1-4H3,(H,18,19). The van der Waals surface area contributed by atoms with Crippen LogP contribution in [0.4, 0.5) is 5.69 Å². The first-order valence-corrected chi connectivity index (χ1v) is 6.73. The lowest BCUT2D eigenvalue weighted by Gasteiger charge is -2.15. The SMILES string of the molecule is COc1cc(N)ccc1C(=O)NC(C)c1cc(C)oc1C. The van der Waals surface area contributed by atoms with Crippen LogP contribution in [0.1, 0.15) is 40.4 Å². The van der Waals surface area contributed by atoms with Gasteiger partial charge in [0, 0.05) is 17.3 Å². The highest BCUT2D eigenvalue weighted by Crippen LogP contribution is 2.24. The first-order valence-electron chi connectivity index (χ1n) is 6.73. The number of carbonyl (C=O) groups excluding carboxylic acids is 1. The van der Waals surface area contributed by atoms with E-state index in [0.29, 0.717) is 17.0 Å². The van der Waals surface area contributed by atoms with E-state index in [1.165, 1.54) is 7.11 Å². The molecule has 5 nitrogen and oxygen atoms in total. The van der Waals surface area contributed by atoms with Crippen LogP contribution in [0.5, 0.6) is 5.75 Å². The molecule has 0 saturated carbocycles. The Morgan fingerprint density at radius 1 is 1.33 bits per heavy atom. The van der Waals surface area contributed by atoms with Gasteiger partial charge in [-0.2, -0.15) is 0 Å². The maximum atomic E-state index is 12.4. The molecule has 0 aliphatic carbocycles. The van der Waals surface area contributed by atoms with Crippen molar-refractivity contribution >= 4 is 11.6 Å². The van der Waals surface area contributed by atoms with Gasteiger partial charge in [0.05, 0.1) is 18.7 Å². The Morgan fingerprint density at radius 2 is 2.05 bits per heavy atom. The van der Waals surface area contributed by atoms with Crippen molar-refractivity contribution in [2.45, 2.75) is 26.8 Å². The number of hydrogen-bond donors (Lipinski definition) is 2. The van der Waals surface area contributed by atoms with E-state index in [1.807, 2.05) is 26.8 Å². The highest BCUT2D eigenvalue weighted by molar-refractivity contribution is 5.97. The number of carbonyl (C=O) groups is 1. The van der Waals surface area contributed by atoms with Crippen molar-refractivity contribution in [1.29, 1.82) is 0 Å². The molecular weight excluding hydrogens is 268 g/mol. The topological polar surface area (TPSA) is 77.5 Å². The quantitative estimate of drug-likeness (QED) is 0.848. The molecular formula is C16H20N2O3. The van der Waals surface area contributed by atoms with E-state index < -0.39 is 0 Å². The van der Waals surface area contributed by atoms with Gasteiger partial charge in [0.15, 0.2) is 0 Å². The molecule has 0 spiro atoms. The third-order valence-corrected chi connectivity index (χ3v) is 3.36. The zero-order valence-corrected chi connectivity index (χ0v) is 12.7. The van der Waals surface area contributed by atoms with Crippen LogP contribution in [0.3, 0.4) is 0 Å². The van der Waals surface area contributed by atoms with Crippen molar-refractivity contribution in [3.05, 3.63) is 46.9 Å². The molecule has 1 amide bonds. The van der Waals surface area contributed by atoms with E-state index in [2.05, 4.69) is 5.32 Å². The second kappa shape index (κ2) is 5.91. The zero-order chi connectivity index (χ0) is 15.6. The summed E-state index contributed by atoms with van der Waals surface area (Å²) in [6.07, 6.45) is 0. The third-order valence-electron chi connectivity index (χ3n) is 3.36. The van der Waals surface area contributed by atoms with Gasteiger partial charge in [-0.05, 0) is 39.0 Å². The van der Waals surface area contributed by atoms with Crippen LogP contribution in [-0.2, 0) is 0 Å². The number of amides is 1. The number of nitrogens with two attached hydrogens (primary N) is 1. The van der Waals surface area contributed by atoms with Crippen LogP contribution in [0, 0.1) is 13.8 Å². The predicted molar refractivity (Wildman–Crippen MR) is 81.5 cm³/mol. The molecule has 3 N–H and O–H groups in total. The highest BCUT2D eigenvalue weighted by atomic mass is 16.5. The van der Waals surface area contributed by atoms with Crippen molar-refractivity contribution < 1.29 is 13.9 Å². The minimum Gasteiger partial charge on any atom is -0.496 e. The molecule has 0 fully saturated rings. The number of hydrogen-bond acceptors (Lipinski definition) is 4. The minimum atomic E-state index is -0.211. The van der Waals surface area contributed by atoms with Gasteiger partial charge in [-0.1, -0.05) is 0 Å². The molecule has 1 unspecified atom stereocenters. The van der Waals surface area contributed by atoms with E-state index in [1.54, 1.807) is 18.2 Å². The minimum absolute atomic E-state index is 0.155. The molecule has 2 rings (SSSR count). The molecule has 1 heterocycles. The zero-order valence-electron chi connectivity index (χ0n) is 12.7. The summed E-state index contributed by atoms with van der Waals surface area (Å²) >= 11 is 0. The number of nitrogens with one attached hydrogen (secondary N) is 1. The number of ether oxygens (including phenoxy) is 1. The summed E-state index contributed by atoms with van der Waals surface area (Å²) in [6.45, 7) is 5.68. The van der Waals surface area contributed by atoms with Crippen molar-refractivity contribution in [3.8, 4) is 5.75 Å². The van der Waals surface area contributed by atoms with Crippen LogP contribution in [0.2, 0.25) is 0 Å². The largest absolute Gasteiger partial charge is 0.496 e. The van der Waals surface area contributed by atoms with Gasteiger partial charge in [-0.25, -0.2) is 0 Å². The second-order valence-electron chi connectivity index (χ2n) is 5.02. The fraction of sp³-hybridized carbons (Fsp3) is 0.312. The molecule has 0 aliphatic rings. The maximum Gasteiger partial charge on any atom is 0.255 e. The highest BCUT2D eigenvalue weighted by Gasteiger charge is 2.18. The van der Waals surface area contributed by atoms with Gasteiger partial charge in [0.2, 0.25) is 0 Å². The summed E-state index contributed by atoms with van der Waals surface area (Å²) in [4.78, 5) is 12.4. The molecule has 0 saturated heterocycles. The van der Waals surface area contributed by atoms with Gasteiger partial charge in [-0.15, -0.1) is 0 Å². The normalized spacial score (nSPS) is 12.0. The summed E-state index contributed by atoms with van der Waals surface area (Å²) in [7, 11) is 1.51. The van der Waals surface area contributed by atoms with Gasteiger partial charge >= 0.3 is 0 Å². The molecule has 0 aliphatic heterocycles. The Hall–Kier alpha value is -2.43. The second-order valence-corrected chi connectivity index (χ2v) is 5.02. The Bertz CT molecular complexity index is 662. The summed E-state index contributed by atoms with van der Waals surface area (Å²) < 4.78 is 10.7. The van der Waals surface area contributed by atoms with E-state index in [-0.39, 0.29) is 11.9 Å². The summed E-state index contributed by atoms with van der Waals surface area (Å²) in [6, 6.07) is 6.74. The third kappa shape index (κ3) is 3.18. The average molecular weight is 288 g/mol. The number of furan rings is 1. The van der Waals surface area contributed by atoms with Crippen LogP contribution in [0.25, 0.3) is 0 Å². The first-order chi connectivity index (χ1) is 9.92. The Labute approximate surface area is 124 Å². The van der Waals surface area contributed by atoms with E-state index in [4.69, 9.17) is 14.9 Å². The first kappa shape index (κ1) is 15.0. The molecule has 21 heavy (non-hydrogen) atoms. The molecule has 0 bridgehead atoms. The molecule has 112 valence electrons. The van der Waals surface area contributed by atoms with Crippen molar-refractivity contribution in [3.63, 3.8) is 0 Å². The van der Waals surface area contributed by atoms with Gasteiger partial charge in [-0.3, -0.25) is 4.79 Å². The van der Waals surface area contributed by atoms with Gasteiger partial charge in [0.1, 0.15) is 17.3 Å². The molecule has 1 aromatic heterocycles. The van der Waals surface area contributed by atoms with Crippen molar-refractivity contribution in [1.82, 2.24) is 5.32 Å². The van der Waals surface area contributed by atoms with Crippen LogP contribution >= 0.6 is 0 Å². The van der Waals surface area contributed by atoms with Crippen molar-refractivity contribution in [2.75, 3.05) is 12.8 Å². The van der Waals surface area contributed by atoms with Crippen LogP contribution in [-0.4, -0.2) is 13.0 Å². The summed E-state index contributed by atoms with van der Waals surface area (Å²) in [5, 5.41) is 2.94. The van der Waals surface area contributed by atoms with Crippen LogP contribution < -0.4 is 15.8 Å².